The van der Waals surface area contributed by atoms with Crippen molar-refractivity contribution in [2.45, 2.75) is 34.2 Å². The van der Waals surface area contributed by atoms with Gasteiger partial charge in [-0.05, 0) is 61.6 Å². The topological polar surface area (TPSA) is 26.0 Å². The molecule has 0 aliphatic carbocycles. The van der Waals surface area contributed by atoms with Gasteiger partial charge in [0.1, 0.15) is 0 Å². The first-order chi connectivity index (χ1) is 5.57. The molecule has 1 rings (SSSR count). The number of benzene rings is 1. The van der Waals surface area contributed by atoms with Gasteiger partial charge in [-0.1, -0.05) is 0 Å². The number of hydrogen-bond acceptors (Lipinski definition) is 1. The van der Waals surface area contributed by atoms with Crippen LogP contribution in [0.1, 0.15) is 27.8 Å². The van der Waals surface area contributed by atoms with E-state index in [0.717, 1.165) is 0 Å². The lowest BCUT2D eigenvalue weighted by atomic mass is 9.94. The van der Waals surface area contributed by atoms with Crippen molar-refractivity contribution in [3.63, 3.8) is 0 Å². The standard InChI is InChI=1S/C11H16N/c1-7-5-8(2)10(4)11(6-12)9(7)3/h6,12H2,1-4H3. The van der Waals surface area contributed by atoms with E-state index in [-0.39, 0.29) is 0 Å². The Morgan fingerprint density at radius 3 is 1.75 bits per heavy atom. The third kappa shape index (κ3) is 1.37. The van der Waals surface area contributed by atoms with Crippen molar-refractivity contribution in [2.24, 2.45) is 5.73 Å². The summed E-state index contributed by atoms with van der Waals surface area (Å²) in [4.78, 5) is 0. The smallest absolute Gasteiger partial charge is 0.0183 e. The summed E-state index contributed by atoms with van der Waals surface area (Å²) in [5.74, 6) is 0. The van der Waals surface area contributed by atoms with Gasteiger partial charge in [-0.2, -0.15) is 0 Å². The number of aryl methyl sites for hydroxylation is 2. The summed E-state index contributed by atoms with van der Waals surface area (Å²) >= 11 is 0. The first-order valence-electron chi connectivity index (χ1n) is 4.26. The molecule has 2 N–H and O–H groups in total. The maximum atomic E-state index is 5.68. The summed E-state index contributed by atoms with van der Waals surface area (Å²) in [5.41, 5.74) is 12.0. The number of hydrogen-bond donors (Lipinski definition) is 1. The van der Waals surface area contributed by atoms with Crippen molar-refractivity contribution in [3.05, 3.63) is 33.9 Å². The van der Waals surface area contributed by atoms with Crippen LogP contribution in [0, 0.1) is 33.8 Å². The second-order valence-electron chi connectivity index (χ2n) is 3.31. The maximum Gasteiger partial charge on any atom is 0.0183 e. The maximum absolute atomic E-state index is 5.68. The Bertz CT molecular complexity index is 274. The molecule has 0 aliphatic rings. The summed E-state index contributed by atoms with van der Waals surface area (Å²) in [7, 11) is 0. The zero-order chi connectivity index (χ0) is 9.30. The highest BCUT2D eigenvalue weighted by molar-refractivity contribution is 5.42. The molecule has 0 amide bonds. The largest absolute Gasteiger partial charge is 0.326 e. The van der Waals surface area contributed by atoms with Gasteiger partial charge in [-0.3, -0.25) is 0 Å². The molecule has 1 nitrogen and oxygen atoms in total. The molecular formula is C11H16N. The highest BCUT2D eigenvalue weighted by Crippen LogP contribution is 2.19. The van der Waals surface area contributed by atoms with Gasteiger partial charge in [0.05, 0.1) is 0 Å². The second-order valence-corrected chi connectivity index (χ2v) is 3.31. The molecule has 0 saturated heterocycles. The van der Waals surface area contributed by atoms with E-state index in [4.69, 9.17) is 5.73 Å². The second kappa shape index (κ2) is 3.28. The van der Waals surface area contributed by atoms with E-state index in [1.807, 2.05) is 0 Å². The zero-order valence-electron chi connectivity index (χ0n) is 8.28. The lowest BCUT2D eigenvalue weighted by Gasteiger charge is -2.12. The van der Waals surface area contributed by atoms with E-state index in [0.29, 0.717) is 6.54 Å². The van der Waals surface area contributed by atoms with E-state index in [9.17, 15) is 0 Å². The summed E-state index contributed by atoms with van der Waals surface area (Å²) in [5, 5.41) is 0. The molecule has 0 fully saturated rings. The number of nitrogens with two attached hydrogens (primary N) is 1. The van der Waals surface area contributed by atoms with Crippen LogP contribution in [-0.4, -0.2) is 0 Å². The van der Waals surface area contributed by atoms with Crippen LogP contribution < -0.4 is 5.73 Å². The van der Waals surface area contributed by atoms with Crippen LogP contribution in [0.15, 0.2) is 0 Å². The molecule has 0 bridgehead atoms. The summed E-state index contributed by atoms with van der Waals surface area (Å²) in [6.07, 6.45) is 0. The molecule has 0 heterocycles. The molecule has 1 heteroatoms. The molecule has 0 unspecified atom stereocenters. The predicted molar refractivity (Wildman–Crippen MR) is 52.1 cm³/mol. The SMILES string of the molecule is Cc1[c]c(C)c(C)c(CN)c1C. The van der Waals surface area contributed by atoms with Crippen LogP contribution in [0.3, 0.4) is 0 Å². The first kappa shape index (κ1) is 9.27. The molecule has 0 saturated carbocycles. The molecule has 0 spiro atoms. The van der Waals surface area contributed by atoms with Crippen LogP contribution in [0.25, 0.3) is 0 Å². The number of rotatable bonds is 1. The molecule has 65 valence electrons. The Hall–Kier alpha value is -0.820. The van der Waals surface area contributed by atoms with Crippen molar-refractivity contribution in [1.29, 1.82) is 0 Å². The molecule has 1 aromatic rings. The quantitative estimate of drug-likeness (QED) is 0.673. The first-order valence-corrected chi connectivity index (χ1v) is 4.26. The fourth-order valence-corrected chi connectivity index (χ4v) is 1.51. The van der Waals surface area contributed by atoms with E-state index in [1.165, 1.54) is 27.8 Å². The van der Waals surface area contributed by atoms with Crippen LogP contribution in [0.2, 0.25) is 0 Å². The lowest BCUT2D eigenvalue weighted by molar-refractivity contribution is 1.01. The van der Waals surface area contributed by atoms with Gasteiger partial charge >= 0.3 is 0 Å². The van der Waals surface area contributed by atoms with Crippen LogP contribution in [-0.2, 0) is 6.54 Å². The van der Waals surface area contributed by atoms with Crippen LogP contribution in [0.5, 0.6) is 0 Å². The zero-order valence-corrected chi connectivity index (χ0v) is 8.28. The summed E-state index contributed by atoms with van der Waals surface area (Å²) in [6.45, 7) is 9.02. The van der Waals surface area contributed by atoms with Crippen LogP contribution >= 0.6 is 0 Å². The normalized spacial score (nSPS) is 10.4. The highest BCUT2D eigenvalue weighted by atomic mass is 14.5. The summed E-state index contributed by atoms with van der Waals surface area (Å²) in [6, 6.07) is 3.33. The van der Waals surface area contributed by atoms with Gasteiger partial charge in [0.25, 0.3) is 0 Å². The molecule has 12 heavy (non-hydrogen) atoms. The van der Waals surface area contributed by atoms with Crippen molar-refractivity contribution >= 4 is 0 Å². The minimum atomic E-state index is 0.633. The van der Waals surface area contributed by atoms with Gasteiger partial charge in [0, 0.05) is 6.54 Å². The molecule has 0 atom stereocenters. The minimum Gasteiger partial charge on any atom is -0.326 e. The Balaban J connectivity index is 3.42. The van der Waals surface area contributed by atoms with E-state index < -0.39 is 0 Å². The fraction of sp³-hybridized carbons (Fsp3) is 0.455. The Labute approximate surface area is 74.6 Å². The molecule has 1 aromatic carbocycles. The van der Waals surface area contributed by atoms with E-state index in [1.54, 1.807) is 0 Å². The van der Waals surface area contributed by atoms with Gasteiger partial charge in [-0.15, -0.1) is 0 Å². The lowest BCUT2D eigenvalue weighted by Crippen LogP contribution is -2.05. The minimum absolute atomic E-state index is 0.633. The molecular weight excluding hydrogens is 146 g/mol. The average molecular weight is 162 g/mol. The Kier molecular flexibility index (Phi) is 2.53. The third-order valence-corrected chi connectivity index (χ3v) is 2.61. The van der Waals surface area contributed by atoms with Gasteiger partial charge in [0.15, 0.2) is 0 Å². The Morgan fingerprint density at radius 2 is 1.42 bits per heavy atom. The van der Waals surface area contributed by atoms with Crippen molar-refractivity contribution < 1.29 is 0 Å². The van der Waals surface area contributed by atoms with Gasteiger partial charge < -0.3 is 5.73 Å². The Morgan fingerprint density at radius 1 is 1.00 bits per heavy atom. The van der Waals surface area contributed by atoms with E-state index in [2.05, 4.69) is 33.8 Å². The average Bonchev–Trinajstić information content (AvgIpc) is 2.02. The highest BCUT2D eigenvalue weighted by Gasteiger charge is 2.05. The summed E-state index contributed by atoms with van der Waals surface area (Å²) < 4.78 is 0. The molecule has 0 aromatic heterocycles. The monoisotopic (exact) mass is 162 g/mol. The van der Waals surface area contributed by atoms with E-state index >= 15 is 0 Å². The van der Waals surface area contributed by atoms with Crippen molar-refractivity contribution in [2.75, 3.05) is 0 Å². The molecule has 1 radical (unpaired) electrons. The van der Waals surface area contributed by atoms with Crippen LogP contribution in [0.4, 0.5) is 0 Å². The predicted octanol–water partition coefficient (Wildman–Crippen LogP) is 2.18. The van der Waals surface area contributed by atoms with Gasteiger partial charge in [-0.25, -0.2) is 0 Å². The third-order valence-electron chi connectivity index (χ3n) is 2.61. The van der Waals surface area contributed by atoms with Gasteiger partial charge in [0.2, 0.25) is 0 Å². The van der Waals surface area contributed by atoms with Crippen molar-refractivity contribution in [3.8, 4) is 0 Å². The fourth-order valence-electron chi connectivity index (χ4n) is 1.51. The van der Waals surface area contributed by atoms with Crippen molar-refractivity contribution in [1.82, 2.24) is 0 Å². The molecule has 0 aliphatic heterocycles.